The first-order valence-corrected chi connectivity index (χ1v) is 10.6. The van der Waals surface area contributed by atoms with E-state index in [9.17, 15) is 19.8 Å². The van der Waals surface area contributed by atoms with Crippen molar-refractivity contribution in [2.75, 3.05) is 20.3 Å². The number of nitrogens with zero attached hydrogens (tertiary/aromatic N) is 1. The highest BCUT2D eigenvalue weighted by Gasteiger charge is 2.45. The van der Waals surface area contributed by atoms with Gasteiger partial charge in [0.25, 0.3) is 11.7 Å². The molecule has 2 aromatic rings. The van der Waals surface area contributed by atoms with Crippen molar-refractivity contribution in [2.45, 2.75) is 39.3 Å². The van der Waals surface area contributed by atoms with Gasteiger partial charge in [0.2, 0.25) is 0 Å². The maximum absolute atomic E-state index is 13.0. The Hall–Kier alpha value is -3.32. The Morgan fingerprint density at radius 3 is 2.41 bits per heavy atom. The van der Waals surface area contributed by atoms with Crippen LogP contribution in [-0.4, -0.2) is 53.2 Å². The lowest BCUT2D eigenvalue weighted by atomic mass is 9.94. The van der Waals surface area contributed by atoms with E-state index in [1.807, 2.05) is 20.8 Å². The van der Waals surface area contributed by atoms with Crippen molar-refractivity contribution in [2.24, 2.45) is 0 Å². The monoisotopic (exact) mass is 439 g/mol. The molecule has 7 nitrogen and oxygen atoms in total. The lowest BCUT2D eigenvalue weighted by Crippen LogP contribution is -2.31. The fraction of sp³-hybridized carbons (Fsp3) is 0.360. The average Bonchev–Trinajstić information content (AvgIpc) is 3.00. The molecule has 0 spiro atoms. The minimum absolute atomic E-state index is 0.0000633. The normalized spacial score (nSPS) is 17.9. The number of phenolic OH excluding ortho intramolecular Hbond substituents is 1. The number of aromatic hydroxyl groups is 1. The topological polar surface area (TPSA) is 96.3 Å². The number of aliphatic hydroxyl groups excluding tert-OH is 1. The van der Waals surface area contributed by atoms with Crippen molar-refractivity contribution in [3.05, 3.63) is 64.7 Å². The standard InChI is InChI=1S/C25H29NO6/c1-15(2)32-20-11-8-18(14-16(20)3)23(28)21-22(17-6-9-19(27)10-7-17)26(12-5-13-31-4)25(30)24(21)29/h6-11,14-15,22,27-28H,5,12-13H2,1-4H3/t22-/m0/s1. The predicted octanol–water partition coefficient (Wildman–Crippen LogP) is 3.95. The number of aliphatic hydroxyl groups is 1. The molecule has 1 aliphatic rings. The number of phenols is 1. The number of aryl methyl sites for hydroxylation is 1. The SMILES string of the molecule is COCCCN1C(=O)C(=O)C(=C(O)c2ccc(OC(C)C)c(C)c2)[C@@H]1c1ccc(O)cc1. The molecule has 0 saturated carbocycles. The summed E-state index contributed by atoms with van der Waals surface area (Å²) >= 11 is 0. The van der Waals surface area contributed by atoms with Gasteiger partial charge in [-0.15, -0.1) is 0 Å². The van der Waals surface area contributed by atoms with Crippen LogP contribution in [0.25, 0.3) is 5.76 Å². The summed E-state index contributed by atoms with van der Waals surface area (Å²) in [4.78, 5) is 27.3. The van der Waals surface area contributed by atoms with Gasteiger partial charge in [0.05, 0.1) is 17.7 Å². The van der Waals surface area contributed by atoms with Gasteiger partial charge < -0.3 is 24.6 Å². The van der Waals surface area contributed by atoms with E-state index >= 15 is 0 Å². The van der Waals surface area contributed by atoms with Crippen LogP contribution in [0.4, 0.5) is 0 Å². The minimum Gasteiger partial charge on any atom is -0.508 e. The maximum atomic E-state index is 13.0. The number of methoxy groups -OCH3 is 1. The van der Waals surface area contributed by atoms with Crippen molar-refractivity contribution in [1.82, 2.24) is 4.90 Å². The molecule has 1 aliphatic heterocycles. The van der Waals surface area contributed by atoms with Gasteiger partial charge in [-0.25, -0.2) is 0 Å². The van der Waals surface area contributed by atoms with Gasteiger partial charge in [-0.05, 0) is 68.7 Å². The summed E-state index contributed by atoms with van der Waals surface area (Å²) < 4.78 is 10.8. The Labute approximate surface area is 187 Å². The van der Waals surface area contributed by atoms with Gasteiger partial charge >= 0.3 is 0 Å². The van der Waals surface area contributed by atoms with E-state index in [4.69, 9.17) is 9.47 Å². The number of amides is 1. The van der Waals surface area contributed by atoms with E-state index in [1.54, 1.807) is 37.4 Å². The zero-order chi connectivity index (χ0) is 23.4. The van der Waals surface area contributed by atoms with Crippen molar-refractivity contribution >= 4 is 17.4 Å². The van der Waals surface area contributed by atoms with Gasteiger partial charge in [0, 0.05) is 25.8 Å². The molecular weight excluding hydrogens is 410 g/mol. The van der Waals surface area contributed by atoms with Crippen LogP contribution >= 0.6 is 0 Å². The zero-order valence-electron chi connectivity index (χ0n) is 18.8. The fourth-order valence-electron chi connectivity index (χ4n) is 3.83. The quantitative estimate of drug-likeness (QED) is 0.280. The lowest BCUT2D eigenvalue weighted by Gasteiger charge is -2.25. The molecule has 170 valence electrons. The van der Waals surface area contributed by atoms with E-state index in [0.717, 1.165) is 5.56 Å². The second kappa shape index (κ2) is 9.87. The molecule has 2 N–H and O–H groups in total. The number of Topliss-reactive ketones (excluding diaryl/α,β-unsaturated/α-hetero) is 1. The van der Waals surface area contributed by atoms with E-state index in [1.165, 1.54) is 17.0 Å². The van der Waals surface area contributed by atoms with Crippen LogP contribution in [-0.2, 0) is 14.3 Å². The van der Waals surface area contributed by atoms with Gasteiger partial charge in [-0.1, -0.05) is 12.1 Å². The molecule has 32 heavy (non-hydrogen) atoms. The van der Waals surface area contributed by atoms with Crippen LogP contribution in [0.3, 0.4) is 0 Å². The molecule has 0 aliphatic carbocycles. The first-order chi connectivity index (χ1) is 15.2. The molecule has 7 heteroatoms. The smallest absolute Gasteiger partial charge is 0.295 e. The number of ketones is 1. The highest BCUT2D eigenvalue weighted by atomic mass is 16.5. The van der Waals surface area contributed by atoms with Crippen LogP contribution in [0.15, 0.2) is 48.0 Å². The molecular formula is C25H29NO6. The van der Waals surface area contributed by atoms with Crippen LogP contribution in [0.2, 0.25) is 0 Å². The van der Waals surface area contributed by atoms with Crippen molar-refractivity contribution in [1.29, 1.82) is 0 Å². The number of hydrogen-bond donors (Lipinski definition) is 2. The molecule has 2 aromatic carbocycles. The second-order valence-corrected chi connectivity index (χ2v) is 8.08. The Kier molecular flexibility index (Phi) is 7.20. The van der Waals surface area contributed by atoms with Crippen molar-refractivity contribution in [3.63, 3.8) is 0 Å². The predicted molar refractivity (Wildman–Crippen MR) is 121 cm³/mol. The molecule has 0 aromatic heterocycles. The Balaban J connectivity index is 2.08. The van der Waals surface area contributed by atoms with E-state index < -0.39 is 17.7 Å². The Morgan fingerprint density at radius 2 is 1.81 bits per heavy atom. The molecule has 1 amide bonds. The highest BCUT2D eigenvalue weighted by molar-refractivity contribution is 6.46. The number of ether oxygens (including phenoxy) is 2. The highest BCUT2D eigenvalue weighted by Crippen LogP contribution is 2.40. The number of hydrogen-bond acceptors (Lipinski definition) is 6. The van der Waals surface area contributed by atoms with Gasteiger partial charge in [-0.3, -0.25) is 9.59 Å². The second-order valence-electron chi connectivity index (χ2n) is 8.08. The first-order valence-electron chi connectivity index (χ1n) is 10.6. The van der Waals surface area contributed by atoms with E-state index in [0.29, 0.717) is 36.4 Å². The van der Waals surface area contributed by atoms with Crippen LogP contribution < -0.4 is 4.74 Å². The number of benzene rings is 2. The number of rotatable bonds is 8. The number of likely N-dealkylation sites (tertiary alicyclic amines) is 1. The van der Waals surface area contributed by atoms with Gasteiger partial charge in [0.1, 0.15) is 17.3 Å². The molecule has 3 rings (SSSR count). The average molecular weight is 440 g/mol. The molecule has 1 saturated heterocycles. The molecule has 0 bridgehead atoms. The molecule has 1 atom stereocenters. The summed E-state index contributed by atoms with van der Waals surface area (Å²) in [5.74, 6) is -0.890. The lowest BCUT2D eigenvalue weighted by molar-refractivity contribution is -0.140. The van der Waals surface area contributed by atoms with E-state index in [2.05, 4.69) is 0 Å². The summed E-state index contributed by atoms with van der Waals surface area (Å²) in [6.07, 6.45) is 0.540. The van der Waals surface area contributed by atoms with E-state index in [-0.39, 0.29) is 23.2 Å². The van der Waals surface area contributed by atoms with Gasteiger partial charge in [0.15, 0.2) is 0 Å². The van der Waals surface area contributed by atoms with Crippen LogP contribution in [0, 0.1) is 6.92 Å². The first kappa shape index (κ1) is 23.3. The third kappa shape index (κ3) is 4.78. The zero-order valence-corrected chi connectivity index (χ0v) is 18.8. The third-order valence-electron chi connectivity index (χ3n) is 5.31. The maximum Gasteiger partial charge on any atom is 0.295 e. The summed E-state index contributed by atoms with van der Waals surface area (Å²) in [6, 6.07) is 10.7. The fourth-order valence-corrected chi connectivity index (χ4v) is 3.83. The summed E-state index contributed by atoms with van der Waals surface area (Å²) in [5.41, 5.74) is 1.88. The van der Waals surface area contributed by atoms with Gasteiger partial charge in [-0.2, -0.15) is 0 Å². The largest absolute Gasteiger partial charge is 0.508 e. The Morgan fingerprint density at radius 1 is 1.12 bits per heavy atom. The number of carbonyl (C=O) groups excluding carboxylic acids is 2. The molecule has 1 heterocycles. The summed E-state index contributed by atoms with van der Waals surface area (Å²) in [5, 5.41) is 20.8. The van der Waals surface area contributed by atoms with Crippen molar-refractivity contribution < 1.29 is 29.3 Å². The third-order valence-corrected chi connectivity index (χ3v) is 5.31. The Bertz CT molecular complexity index is 1030. The molecule has 0 radical (unpaired) electrons. The molecule has 0 unspecified atom stereocenters. The number of carbonyl (C=O) groups is 2. The summed E-state index contributed by atoms with van der Waals surface area (Å²) in [7, 11) is 1.57. The van der Waals surface area contributed by atoms with Crippen LogP contribution in [0.5, 0.6) is 11.5 Å². The van der Waals surface area contributed by atoms with Crippen molar-refractivity contribution in [3.8, 4) is 11.5 Å². The summed E-state index contributed by atoms with van der Waals surface area (Å²) in [6.45, 7) is 6.43. The van der Waals surface area contributed by atoms with Crippen LogP contribution in [0.1, 0.15) is 43.0 Å². The minimum atomic E-state index is -0.764. The molecule has 1 fully saturated rings.